The summed E-state index contributed by atoms with van der Waals surface area (Å²) >= 11 is 0. The molecule has 0 spiro atoms. The summed E-state index contributed by atoms with van der Waals surface area (Å²) in [6, 6.07) is 7.05. The minimum absolute atomic E-state index is 0.127. The number of alkyl halides is 3. The molecule has 3 heterocycles. The topological polar surface area (TPSA) is 97.2 Å². The minimum Gasteiger partial charge on any atom is -0.351 e. The van der Waals surface area contributed by atoms with Crippen molar-refractivity contribution in [2.45, 2.75) is 24.4 Å². The van der Waals surface area contributed by atoms with Gasteiger partial charge in [-0.2, -0.15) is 22.5 Å². The van der Waals surface area contributed by atoms with Crippen LogP contribution < -0.4 is 10.9 Å². The number of halogens is 4. The highest BCUT2D eigenvalue weighted by Crippen LogP contribution is 2.29. The standard InChI is InChI=1S/C20H19F4N5O3S/c1-28-17-12(10-15(18(28)30)14-4-2-3-5-16(14)21)11-25-19(27-17)26-13-6-8-29(9-7-13)33(31,32)20(22,23)24/h2-5,10-11,13H,6-9H2,1H3,(H,25,26,27). The first-order valence-corrected chi connectivity index (χ1v) is 11.4. The molecule has 1 saturated heterocycles. The number of sulfonamides is 1. The first-order chi connectivity index (χ1) is 15.5. The molecule has 0 bridgehead atoms. The van der Waals surface area contributed by atoms with E-state index in [0.29, 0.717) is 9.69 Å². The van der Waals surface area contributed by atoms with E-state index in [0.717, 1.165) is 0 Å². The molecule has 1 fully saturated rings. The van der Waals surface area contributed by atoms with Crippen molar-refractivity contribution >= 4 is 27.0 Å². The number of fused-ring (bicyclic) bond motifs is 1. The maximum Gasteiger partial charge on any atom is 0.511 e. The third kappa shape index (κ3) is 4.29. The van der Waals surface area contributed by atoms with Crippen LogP contribution in [0.15, 0.2) is 41.3 Å². The van der Waals surface area contributed by atoms with E-state index in [9.17, 15) is 30.8 Å². The molecule has 3 aromatic rings. The summed E-state index contributed by atoms with van der Waals surface area (Å²) < 4.78 is 77.1. The van der Waals surface area contributed by atoms with Crippen molar-refractivity contribution < 1.29 is 26.0 Å². The molecule has 13 heteroatoms. The molecule has 33 heavy (non-hydrogen) atoms. The van der Waals surface area contributed by atoms with Crippen LogP contribution in [0.3, 0.4) is 0 Å². The number of nitrogens with one attached hydrogen (secondary N) is 1. The minimum atomic E-state index is -5.36. The van der Waals surface area contributed by atoms with Crippen LogP contribution in [0, 0.1) is 5.82 Å². The van der Waals surface area contributed by atoms with Crippen molar-refractivity contribution in [3.63, 3.8) is 0 Å². The maximum atomic E-state index is 14.2. The highest BCUT2D eigenvalue weighted by molar-refractivity contribution is 7.90. The van der Waals surface area contributed by atoms with Crippen LogP contribution in [0.2, 0.25) is 0 Å². The number of hydrogen-bond acceptors (Lipinski definition) is 6. The summed E-state index contributed by atoms with van der Waals surface area (Å²) in [4.78, 5) is 21.3. The Morgan fingerprint density at radius 2 is 1.79 bits per heavy atom. The molecule has 176 valence electrons. The van der Waals surface area contributed by atoms with Crippen LogP contribution in [0.4, 0.5) is 23.5 Å². The number of benzene rings is 1. The molecule has 0 aliphatic carbocycles. The largest absolute Gasteiger partial charge is 0.511 e. The molecule has 0 atom stereocenters. The van der Waals surface area contributed by atoms with E-state index in [1.54, 1.807) is 6.07 Å². The SMILES string of the molecule is Cn1c(=O)c(-c2ccccc2F)cc2cnc(NC3CCN(S(=O)(=O)C(F)(F)F)CC3)nc21. The fraction of sp³-hybridized carbons (Fsp3) is 0.350. The predicted molar refractivity (Wildman–Crippen MR) is 113 cm³/mol. The lowest BCUT2D eigenvalue weighted by molar-refractivity contribution is -0.0494. The van der Waals surface area contributed by atoms with Gasteiger partial charge < -0.3 is 5.32 Å². The smallest absolute Gasteiger partial charge is 0.351 e. The summed E-state index contributed by atoms with van der Waals surface area (Å²) in [5.41, 5.74) is -5.19. The molecule has 1 aliphatic heterocycles. The van der Waals surface area contributed by atoms with Crippen LogP contribution in [-0.2, 0) is 17.1 Å². The zero-order valence-electron chi connectivity index (χ0n) is 17.3. The number of piperidine rings is 1. The van der Waals surface area contributed by atoms with Crippen LogP contribution in [0.25, 0.3) is 22.2 Å². The lowest BCUT2D eigenvalue weighted by Gasteiger charge is -2.31. The van der Waals surface area contributed by atoms with Gasteiger partial charge in [-0.3, -0.25) is 9.36 Å². The van der Waals surface area contributed by atoms with Crippen molar-refractivity contribution in [1.29, 1.82) is 0 Å². The van der Waals surface area contributed by atoms with E-state index >= 15 is 0 Å². The molecule has 8 nitrogen and oxygen atoms in total. The van der Waals surface area contributed by atoms with Crippen LogP contribution in [0.5, 0.6) is 0 Å². The summed E-state index contributed by atoms with van der Waals surface area (Å²) in [6.07, 6.45) is 1.71. The molecule has 1 aliphatic rings. The van der Waals surface area contributed by atoms with Gasteiger partial charge in [-0.15, -0.1) is 0 Å². The fourth-order valence-corrected chi connectivity index (χ4v) is 4.74. The average molecular weight is 485 g/mol. The van der Waals surface area contributed by atoms with Crippen molar-refractivity contribution in [2.24, 2.45) is 7.05 Å². The molecule has 0 radical (unpaired) electrons. The van der Waals surface area contributed by atoms with Crippen molar-refractivity contribution in [3.8, 4) is 11.1 Å². The fourth-order valence-electron chi connectivity index (χ4n) is 3.76. The Bertz CT molecular complexity index is 1370. The van der Waals surface area contributed by atoms with Crippen molar-refractivity contribution in [1.82, 2.24) is 18.8 Å². The lowest BCUT2D eigenvalue weighted by atomic mass is 10.1. The average Bonchev–Trinajstić information content (AvgIpc) is 2.77. The van der Waals surface area contributed by atoms with Gasteiger partial charge in [0.05, 0.1) is 5.56 Å². The highest BCUT2D eigenvalue weighted by Gasteiger charge is 2.50. The second-order valence-electron chi connectivity index (χ2n) is 7.64. The Kier molecular flexibility index (Phi) is 5.86. The molecular formula is C20H19F4N5O3S. The summed E-state index contributed by atoms with van der Waals surface area (Å²) in [7, 11) is -3.86. The van der Waals surface area contributed by atoms with Crippen molar-refractivity contribution in [2.75, 3.05) is 18.4 Å². The molecular weight excluding hydrogens is 466 g/mol. The van der Waals surface area contributed by atoms with Gasteiger partial charge in [0.2, 0.25) is 5.95 Å². The summed E-state index contributed by atoms with van der Waals surface area (Å²) in [5.74, 6) is -0.389. The van der Waals surface area contributed by atoms with Crippen LogP contribution in [0.1, 0.15) is 12.8 Å². The van der Waals surface area contributed by atoms with Gasteiger partial charge in [-0.1, -0.05) is 18.2 Å². The number of rotatable bonds is 4. The maximum absolute atomic E-state index is 14.2. The predicted octanol–water partition coefficient (Wildman–Crippen LogP) is 2.86. The summed E-state index contributed by atoms with van der Waals surface area (Å²) in [6.45, 7) is -0.588. The Labute approximate surface area is 185 Å². The van der Waals surface area contributed by atoms with E-state index in [2.05, 4.69) is 15.3 Å². The number of aryl methyl sites for hydroxylation is 1. The van der Waals surface area contributed by atoms with E-state index < -0.39 is 26.9 Å². The van der Waals surface area contributed by atoms with Crippen LogP contribution >= 0.6 is 0 Å². The van der Waals surface area contributed by atoms with Gasteiger partial charge in [-0.25, -0.2) is 17.8 Å². The van der Waals surface area contributed by atoms with E-state index in [1.807, 2.05) is 0 Å². The second kappa shape index (κ2) is 8.37. The second-order valence-corrected chi connectivity index (χ2v) is 9.57. The lowest BCUT2D eigenvalue weighted by Crippen LogP contribution is -2.47. The van der Waals surface area contributed by atoms with E-state index in [1.165, 1.54) is 42.1 Å². The Morgan fingerprint density at radius 3 is 2.42 bits per heavy atom. The van der Waals surface area contributed by atoms with Gasteiger partial charge in [-0.05, 0) is 25.0 Å². The van der Waals surface area contributed by atoms with Gasteiger partial charge in [0, 0.05) is 43.3 Å². The molecule has 4 rings (SSSR count). The first kappa shape index (κ1) is 23.1. The number of pyridine rings is 1. The van der Waals surface area contributed by atoms with E-state index in [4.69, 9.17) is 0 Å². The third-order valence-electron chi connectivity index (χ3n) is 5.53. The Balaban J connectivity index is 1.55. The molecule has 0 amide bonds. The van der Waals surface area contributed by atoms with Gasteiger partial charge in [0.25, 0.3) is 5.56 Å². The van der Waals surface area contributed by atoms with Gasteiger partial charge >= 0.3 is 15.5 Å². The monoisotopic (exact) mass is 485 g/mol. The number of aromatic nitrogens is 3. The highest BCUT2D eigenvalue weighted by atomic mass is 32.2. The third-order valence-corrected chi connectivity index (χ3v) is 7.16. The zero-order valence-corrected chi connectivity index (χ0v) is 18.1. The molecule has 1 N–H and O–H groups in total. The van der Waals surface area contributed by atoms with E-state index in [-0.39, 0.29) is 54.7 Å². The van der Waals surface area contributed by atoms with Crippen molar-refractivity contribution in [3.05, 3.63) is 52.7 Å². The zero-order chi connectivity index (χ0) is 24.0. The molecule has 1 aromatic carbocycles. The number of anilines is 1. The Hall–Kier alpha value is -3.06. The normalized spacial score (nSPS) is 16.3. The quantitative estimate of drug-likeness (QED) is 0.571. The molecule has 0 unspecified atom stereocenters. The van der Waals surface area contributed by atoms with Gasteiger partial charge in [0.15, 0.2) is 0 Å². The van der Waals surface area contributed by atoms with Crippen LogP contribution in [-0.4, -0.2) is 51.9 Å². The number of nitrogens with zero attached hydrogens (tertiary/aromatic N) is 4. The Morgan fingerprint density at radius 1 is 1.12 bits per heavy atom. The van der Waals surface area contributed by atoms with Gasteiger partial charge in [0.1, 0.15) is 11.5 Å². The number of hydrogen-bond donors (Lipinski definition) is 1. The summed E-state index contributed by atoms with van der Waals surface area (Å²) in [5, 5.41) is 3.48. The molecule has 0 saturated carbocycles. The first-order valence-electron chi connectivity index (χ1n) is 9.93. The molecule has 2 aromatic heterocycles.